The highest BCUT2D eigenvalue weighted by Crippen LogP contribution is 2.45. The first kappa shape index (κ1) is 20.9. The number of rotatable bonds is 8. The molecular weight excluding hydrogens is 296 g/mol. The number of hydrogen-bond donors (Lipinski definition) is 2. The summed E-state index contributed by atoms with van der Waals surface area (Å²) in [6.45, 7) is 17.5. The van der Waals surface area contributed by atoms with E-state index in [1.807, 2.05) is 0 Å². The Kier molecular flexibility index (Phi) is 6.78. The smallest absolute Gasteiger partial charge is 0.123 e. The molecule has 0 fully saturated rings. The maximum absolute atomic E-state index is 11.0. The lowest BCUT2D eigenvalue weighted by atomic mass is 9.73. The molecule has 1 rings (SSSR count). The highest BCUT2D eigenvalue weighted by Gasteiger charge is 2.31. The third-order valence-corrected chi connectivity index (χ3v) is 5.25. The number of aromatic hydroxyl groups is 2. The largest absolute Gasteiger partial charge is 0.508 e. The van der Waals surface area contributed by atoms with Gasteiger partial charge in [-0.1, -0.05) is 68.2 Å². The number of benzene rings is 1. The van der Waals surface area contributed by atoms with Crippen LogP contribution in [0.25, 0.3) is 0 Å². The predicted octanol–water partition coefficient (Wildman–Crippen LogP) is 6.53. The van der Waals surface area contributed by atoms with Crippen LogP contribution >= 0.6 is 0 Å². The second kappa shape index (κ2) is 7.80. The molecule has 24 heavy (non-hydrogen) atoms. The molecule has 0 saturated carbocycles. The zero-order valence-corrected chi connectivity index (χ0v) is 17.0. The van der Waals surface area contributed by atoms with Crippen molar-refractivity contribution >= 4 is 0 Å². The minimum absolute atomic E-state index is 0.157. The van der Waals surface area contributed by atoms with Gasteiger partial charge in [-0.05, 0) is 47.6 Å². The SMILES string of the molecule is CC(C)CCC(C)(C)c1cc(O)cc(C(C)(C)CCC(C)C)c1O. The molecule has 0 bridgehead atoms. The predicted molar refractivity (Wildman–Crippen MR) is 104 cm³/mol. The zero-order valence-electron chi connectivity index (χ0n) is 17.0. The first-order valence-electron chi connectivity index (χ1n) is 9.43. The van der Waals surface area contributed by atoms with Crippen LogP contribution in [0.1, 0.15) is 92.2 Å². The van der Waals surface area contributed by atoms with E-state index in [1.165, 1.54) is 0 Å². The summed E-state index contributed by atoms with van der Waals surface area (Å²) in [5.74, 6) is 1.89. The van der Waals surface area contributed by atoms with E-state index >= 15 is 0 Å². The highest BCUT2D eigenvalue weighted by molar-refractivity contribution is 5.52. The minimum Gasteiger partial charge on any atom is -0.508 e. The van der Waals surface area contributed by atoms with Crippen LogP contribution in [0.2, 0.25) is 0 Å². The molecule has 0 aliphatic heterocycles. The minimum atomic E-state index is -0.157. The molecule has 0 spiro atoms. The molecule has 0 heterocycles. The van der Waals surface area contributed by atoms with E-state index in [1.54, 1.807) is 12.1 Å². The van der Waals surface area contributed by atoms with Crippen LogP contribution < -0.4 is 0 Å². The van der Waals surface area contributed by atoms with Crippen LogP contribution in [-0.4, -0.2) is 10.2 Å². The second-order valence-electron chi connectivity index (χ2n) is 9.52. The summed E-state index contributed by atoms with van der Waals surface area (Å²) < 4.78 is 0. The fourth-order valence-electron chi connectivity index (χ4n) is 3.22. The Hall–Kier alpha value is -1.18. The third kappa shape index (κ3) is 5.43. The number of phenolic OH excluding ortho intramolecular Hbond substituents is 2. The van der Waals surface area contributed by atoms with E-state index in [4.69, 9.17) is 0 Å². The molecule has 1 aromatic carbocycles. The molecule has 138 valence electrons. The average molecular weight is 335 g/mol. The third-order valence-electron chi connectivity index (χ3n) is 5.25. The molecule has 0 radical (unpaired) electrons. The number of phenols is 2. The molecule has 0 amide bonds. The maximum Gasteiger partial charge on any atom is 0.123 e. The molecule has 0 atom stereocenters. The van der Waals surface area contributed by atoms with E-state index in [2.05, 4.69) is 55.4 Å². The monoisotopic (exact) mass is 334 g/mol. The topological polar surface area (TPSA) is 40.5 Å². The average Bonchev–Trinajstić information content (AvgIpc) is 2.45. The van der Waals surface area contributed by atoms with Crippen molar-refractivity contribution in [3.8, 4) is 11.5 Å². The second-order valence-corrected chi connectivity index (χ2v) is 9.52. The molecule has 2 heteroatoms. The van der Waals surface area contributed by atoms with Gasteiger partial charge < -0.3 is 10.2 Å². The normalized spacial score (nSPS) is 13.1. The fourth-order valence-corrected chi connectivity index (χ4v) is 3.22. The molecule has 1 aromatic rings. The summed E-state index contributed by atoms with van der Waals surface area (Å²) in [5.41, 5.74) is 1.43. The summed E-state index contributed by atoms with van der Waals surface area (Å²) in [6.07, 6.45) is 4.20. The van der Waals surface area contributed by atoms with Gasteiger partial charge in [0.25, 0.3) is 0 Å². The molecule has 0 unspecified atom stereocenters. The van der Waals surface area contributed by atoms with Crippen molar-refractivity contribution in [2.24, 2.45) is 11.8 Å². The summed E-state index contributed by atoms with van der Waals surface area (Å²) in [5, 5.41) is 21.3. The van der Waals surface area contributed by atoms with Gasteiger partial charge in [-0.2, -0.15) is 0 Å². The Morgan fingerprint density at radius 2 is 1.08 bits per heavy atom. The van der Waals surface area contributed by atoms with Crippen LogP contribution in [0.15, 0.2) is 12.1 Å². The van der Waals surface area contributed by atoms with Crippen molar-refractivity contribution in [2.75, 3.05) is 0 Å². The van der Waals surface area contributed by atoms with Crippen molar-refractivity contribution in [1.29, 1.82) is 0 Å². The summed E-state index contributed by atoms with van der Waals surface area (Å²) in [7, 11) is 0. The van der Waals surface area contributed by atoms with Gasteiger partial charge in [-0.15, -0.1) is 0 Å². The maximum atomic E-state index is 11.0. The van der Waals surface area contributed by atoms with Crippen LogP contribution in [0.4, 0.5) is 0 Å². The Balaban J connectivity index is 3.24. The van der Waals surface area contributed by atoms with Crippen LogP contribution in [-0.2, 0) is 10.8 Å². The quantitative estimate of drug-likeness (QED) is 0.531. The first-order valence-corrected chi connectivity index (χ1v) is 9.43. The fraction of sp³-hybridized carbons (Fsp3) is 0.727. The van der Waals surface area contributed by atoms with Crippen molar-refractivity contribution in [3.63, 3.8) is 0 Å². The van der Waals surface area contributed by atoms with Gasteiger partial charge in [-0.3, -0.25) is 0 Å². The Labute approximate surface area is 149 Å². The van der Waals surface area contributed by atoms with Crippen molar-refractivity contribution in [2.45, 2.75) is 91.9 Å². The van der Waals surface area contributed by atoms with Gasteiger partial charge in [0.05, 0.1) is 0 Å². The van der Waals surface area contributed by atoms with Gasteiger partial charge in [0, 0.05) is 11.1 Å². The molecular formula is C22H38O2. The van der Waals surface area contributed by atoms with Gasteiger partial charge in [0.1, 0.15) is 11.5 Å². The lowest BCUT2D eigenvalue weighted by Crippen LogP contribution is -2.22. The van der Waals surface area contributed by atoms with E-state index in [9.17, 15) is 10.2 Å². The van der Waals surface area contributed by atoms with Crippen LogP contribution in [0.3, 0.4) is 0 Å². The van der Waals surface area contributed by atoms with Crippen molar-refractivity contribution < 1.29 is 10.2 Å². The van der Waals surface area contributed by atoms with Crippen molar-refractivity contribution in [1.82, 2.24) is 0 Å². The summed E-state index contributed by atoms with van der Waals surface area (Å²) in [6, 6.07) is 3.50. The van der Waals surface area contributed by atoms with Crippen LogP contribution in [0, 0.1) is 11.8 Å². The van der Waals surface area contributed by atoms with Gasteiger partial charge >= 0.3 is 0 Å². The molecule has 2 nitrogen and oxygen atoms in total. The van der Waals surface area contributed by atoms with Gasteiger partial charge in [-0.25, -0.2) is 0 Å². The molecule has 0 saturated heterocycles. The van der Waals surface area contributed by atoms with Gasteiger partial charge in [0.2, 0.25) is 0 Å². The molecule has 0 aliphatic rings. The van der Waals surface area contributed by atoms with Gasteiger partial charge in [0.15, 0.2) is 0 Å². The summed E-state index contributed by atoms with van der Waals surface area (Å²) in [4.78, 5) is 0. The summed E-state index contributed by atoms with van der Waals surface area (Å²) >= 11 is 0. The van der Waals surface area contributed by atoms with Crippen LogP contribution in [0.5, 0.6) is 11.5 Å². The lowest BCUT2D eigenvalue weighted by molar-refractivity contribution is 0.360. The number of hydrogen-bond acceptors (Lipinski definition) is 2. The highest BCUT2D eigenvalue weighted by atomic mass is 16.3. The molecule has 0 aromatic heterocycles. The standard InChI is InChI=1S/C22H38O2/c1-15(2)9-11-21(5,6)18-13-17(23)14-19(20(18)24)22(7,8)12-10-16(3)4/h13-16,23-24H,9-12H2,1-8H3. The van der Waals surface area contributed by atoms with E-state index in [0.717, 1.165) is 36.8 Å². The lowest BCUT2D eigenvalue weighted by Gasteiger charge is -2.32. The Morgan fingerprint density at radius 3 is 1.38 bits per heavy atom. The van der Waals surface area contributed by atoms with E-state index in [0.29, 0.717) is 17.6 Å². The van der Waals surface area contributed by atoms with E-state index in [-0.39, 0.29) is 16.6 Å². The molecule has 2 N–H and O–H groups in total. The zero-order chi connectivity index (χ0) is 18.7. The Bertz CT molecular complexity index is 494. The van der Waals surface area contributed by atoms with Crippen molar-refractivity contribution in [3.05, 3.63) is 23.3 Å². The molecule has 0 aliphatic carbocycles. The first-order chi connectivity index (χ1) is 10.9. The Morgan fingerprint density at radius 1 is 0.750 bits per heavy atom. The van der Waals surface area contributed by atoms with E-state index < -0.39 is 0 Å².